The Labute approximate surface area is 137 Å². The molecule has 0 fully saturated rings. The lowest BCUT2D eigenvalue weighted by Gasteiger charge is -2.11. The second kappa shape index (κ2) is 7.70. The van der Waals surface area contributed by atoms with Crippen molar-refractivity contribution in [2.45, 2.75) is 19.5 Å². The van der Waals surface area contributed by atoms with Gasteiger partial charge >= 0.3 is 5.00 Å². The van der Waals surface area contributed by atoms with Crippen LogP contribution in [0.1, 0.15) is 22.8 Å². The van der Waals surface area contributed by atoms with E-state index >= 15 is 0 Å². The Hall–Kier alpha value is -2.45. The van der Waals surface area contributed by atoms with Crippen LogP contribution in [0.15, 0.2) is 35.7 Å². The molecule has 0 radical (unpaired) electrons. The van der Waals surface area contributed by atoms with Crippen LogP contribution in [-0.2, 0) is 6.54 Å². The molecule has 0 saturated carbocycles. The Kier molecular flexibility index (Phi) is 5.67. The zero-order chi connectivity index (χ0) is 16.8. The number of benzene rings is 1. The number of thiophene rings is 1. The number of nitrogens with zero attached hydrogens (tertiary/aromatic N) is 1. The highest BCUT2D eigenvalue weighted by atomic mass is 32.1. The van der Waals surface area contributed by atoms with Gasteiger partial charge in [-0.2, -0.15) is 0 Å². The van der Waals surface area contributed by atoms with E-state index in [1.54, 1.807) is 36.6 Å². The van der Waals surface area contributed by atoms with Crippen LogP contribution in [0.25, 0.3) is 0 Å². The monoisotopic (exact) mass is 335 g/mol. The SMILES string of the molecule is CC(CO)NC(=O)c1ccc(NCc2csc([N+](=O)[O-])c2)cc1. The number of nitrogens with one attached hydrogen (secondary N) is 2. The molecular weight excluding hydrogens is 318 g/mol. The predicted octanol–water partition coefficient (Wildman–Crippen LogP) is 2.38. The number of carbonyl (C=O) groups excluding carboxylic acids is 1. The normalized spacial score (nSPS) is 11.7. The Morgan fingerprint density at radius 3 is 2.65 bits per heavy atom. The predicted molar refractivity (Wildman–Crippen MR) is 88.8 cm³/mol. The molecule has 1 unspecified atom stereocenters. The number of anilines is 1. The molecule has 0 spiro atoms. The van der Waals surface area contributed by atoms with Crippen LogP contribution in [-0.4, -0.2) is 28.6 Å². The topological polar surface area (TPSA) is 104 Å². The standard InChI is InChI=1S/C15H17N3O4S/c1-10(8-19)17-15(20)12-2-4-13(5-3-12)16-7-11-6-14(18(21)22)23-9-11/h2-6,9-10,16,19H,7-8H2,1H3,(H,17,20). The second-order valence-electron chi connectivity index (χ2n) is 5.04. The number of amides is 1. The Morgan fingerprint density at radius 1 is 1.39 bits per heavy atom. The van der Waals surface area contributed by atoms with E-state index in [0.717, 1.165) is 22.6 Å². The number of aliphatic hydroxyl groups is 1. The molecule has 0 aliphatic rings. The van der Waals surface area contributed by atoms with Crippen molar-refractivity contribution in [1.29, 1.82) is 0 Å². The van der Waals surface area contributed by atoms with Gasteiger partial charge in [0.25, 0.3) is 5.91 Å². The van der Waals surface area contributed by atoms with Crippen molar-refractivity contribution < 1.29 is 14.8 Å². The van der Waals surface area contributed by atoms with Gasteiger partial charge in [-0.3, -0.25) is 14.9 Å². The minimum absolute atomic E-state index is 0.113. The Balaban J connectivity index is 1.91. The second-order valence-corrected chi connectivity index (χ2v) is 5.93. The van der Waals surface area contributed by atoms with Gasteiger partial charge in [0.1, 0.15) is 0 Å². The number of rotatable bonds is 7. The third-order valence-electron chi connectivity index (χ3n) is 3.11. The third kappa shape index (κ3) is 4.76. The molecule has 2 aromatic rings. The van der Waals surface area contributed by atoms with Crippen molar-refractivity contribution in [2.75, 3.05) is 11.9 Å². The molecule has 7 nitrogen and oxygen atoms in total. The molecule has 3 N–H and O–H groups in total. The van der Waals surface area contributed by atoms with Crippen molar-refractivity contribution in [3.05, 3.63) is 57.0 Å². The first-order chi connectivity index (χ1) is 11.0. The van der Waals surface area contributed by atoms with Gasteiger partial charge < -0.3 is 15.7 Å². The highest BCUT2D eigenvalue weighted by Crippen LogP contribution is 2.23. The molecule has 23 heavy (non-hydrogen) atoms. The van der Waals surface area contributed by atoms with Crippen molar-refractivity contribution in [3.8, 4) is 0 Å². The van der Waals surface area contributed by atoms with Gasteiger partial charge in [-0.05, 0) is 36.8 Å². The molecule has 0 bridgehead atoms. The van der Waals surface area contributed by atoms with E-state index in [1.165, 1.54) is 6.07 Å². The molecule has 0 aliphatic carbocycles. The van der Waals surface area contributed by atoms with E-state index in [1.807, 2.05) is 0 Å². The number of aliphatic hydroxyl groups excluding tert-OH is 1. The largest absolute Gasteiger partial charge is 0.394 e. The molecule has 1 heterocycles. The maximum absolute atomic E-state index is 11.9. The van der Waals surface area contributed by atoms with Gasteiger partial charge in [0.15, 0.2) is 0 Å². The fraction of sp³-hybridized carbons (Fsp3) is 0.267. The molecule has 1 aromatic heterocycles. The van der Waals surface area contributed by atoms with Gasteiger partial charge in [0.2, 0.25) is 0 Å². The van der Waals surface area contributed by atoms with Crippen LogP contribution < -0.4 is 10.6 Å². The lowest BCUT2D eigenvalue weighted by Crippen LogP contribution is -2.34. The number of nitro groups is 1. The summed E-state index contributed by atoms with van der Waals surface area (Å²) >= 11 is 1.09. The van der Waals surface area contributed by atoms with E-state index in [9.17, 15) is 14.9 Å². The molecule has 1 amide bonds. The van der Waals surface area contributed by atoms with E-state index in [-0.39, 0.29) is 23.6 Å². The first-order valence-corrected chi connectivity index (χ1v) is 7.85. The Bertz CT molecular complexity index is 684. The van der Waals surface area contributed by atoms with Gasteiger partial charge in [-0.1, -0.05) is 11.3 Å². The van der Waals surface area contributed by atoms with Crippen LogP contribution >= 0.6 is 11.3 Å². The lowest BCUT2D eigenvalue weighted by molar-refractivity contribution is -0.380. The van der Waals surface area contributed by atoms with Crippen LogP contribution in [0.3, 0.4) is 0 Å². The maximum Gasteiger partial charge on any atom is 0.324 e. The Morgan fingerprint density at radius 2 is 2.09 bits per heavy atom. The summed E-state index contributed by atoms with van der Waals surface area (Å²) in [5.41, 5.74) is 2.15. The molecular formula is C15H17N3O4S. The number of hydrogen-bond donors (Lipinski definition) is 3. The maximum atomic E-state index is 11.9. The quantitative estimate of drug-likeness (QED) is 0.532. The van der Waals surface area contributed by atoms with Gasteiger partial charge in [-0.15, -0.1) is 0 Å². The zero-order valence-electron chi connectivity index (χ0n) is 12.5. The number of hydrogen-bond acceptors (Lipinski definition) is 6. The summed E-state index contributed by atoms with van der Waals surface area (Å²) in [7, 11) is 0. The number of carbonyl (C=O) groups is 1. The molecule has 0 aliphatic heterocycles. The summed E-state index contributed by atoms with van der Waals surface area (Å²) in [5, 5.41) is 27.2. The van der Waals surface area contributed by atoms with Gasteiger partial charge in [0.05, 0.1) is 11.5 Å². The van der Waals surface area contributed by atoms with Crippen LogP contribution in [0.5, 0.6) is 0 Å². The summed E-state index contributed by atoms with van der Waals surface area (Å²) < 4.78 is 0. The summed E-state index contributed by atoms with van der Waals surface area (Å²) in [4.78, 5) is 22.1. The van der Waals surface area contributed by atoms with Crippen molar-refractivity contribution in [3.63, 3.8) is 0 Å². The van der Waals surface area contributed by atoms with Crippen LogP contribution in [0, 0.1) is 10.1 Å². The van der Waals surface area contributed by atoms with Gasteiger partial charge in [-0.25, -0.2) is 0 Å². The molecule has 0 saturated heterocycles. The zero-order valence-corrected chi connectivity index (χ0v) is 13.3. The van der Waals surface area contributed by atoms with Gasteiger partial charge in [0, 0.05) is 35.3 Å². The van der Waals surface area contributed by atoms with E-state index in [0.29, 0.717) is 12.1 Å². The average Bonchev–Trinajstić information content (AvgIpc) is 3.02. The van der Waals surface area contributed by atoms with Crippen molar-refractivity contribution in [2.24, 2.45) is 0 Å². The molecule has 122 valence electrons. The van der Waals surface area contributed by atoms with Crippen molar-refractivity contribution >= 4 is 27.9 Å². The first-order valence-electron chi connectivity index (χ1n) is 6.97. The molecule has 8 heteroatoms. The molecule has 2 rings (SSSR count). The summed E-state index contributed by atoms with van der Waals surface area (Å²) in [6.45, 7) is 2.07. The fourth-order valence-electron chi connectivity index (χ4n) is 1.85. The van der Waals surface area contributed by atoms with E-state index in [2.05, 4.69) is 10.6 Å². The summed E-state index contributed by atoms with van der Waals surface area (Å²) in [6, 6.07) is 8.12. The van der Waals surface area contributed by atoms with E-state index in [4.69, 9.17) is 5.11 Å². The summed E-state index contributed by atoms with van der Waals surface area (Å²) in [5.74, 6) is -0.244. The van der Waals surface area contributed by atoms with Crippen molar-refractivity contribution in [1.82, 2.24) is 5.32 Å². The first kappa shape index (κ1) is 16.9. The highest BCUT2D eigenvalue weighted by molar-refractivity contribution is 7.13. The molecule has 1 atom stereocenters. The molecule has 1 aromatic carbocycles. The van der Waals surface area contributed by atoms with E-state index < -0.39 is 4.92 Å². The van der Waals surface area contributed by atoms with Crippen LogP contribution in [0.4, 0.5) is 10.7 Å². The lowest BCUT2D eigenvalue weighted by atomic mass is 10.2. The minimum Gasteiger partial charge on any atom is -0.394 e. The minimum atomic E-state index is -0.408. The highest BCUT2D eigenvalue weighted by Gasteiger charge is 2.10. The average molecular weight is 335 g/mol. The third-order valence-corrected chi connectivity index (χ3v) is 4.04. The summed E-state index contributed by atoms with van der Waals surface area (Å²) in [6.07, 6.45) is 0. The van der Waals surface area contributed by atoms with Crippen LogP contribution in [0.2, 0.25) is 0 Å². The smallest absolute Gasteiger partial charge is 0.324 e. The fourth-order valence-corrected chi connectivity index (χ4v) is 2.58.